The molecular formula is C17H22NO2+. The van der Waals surface area contributed by atoms with E-state index in [1.807, 2.05) is 18.2 Å². The lowest BCUT2D eigenvalue weighted by Gasteiger charge is -2.14. The Balaban J connectivity index is 2.03. The second-order valence-electron chi connectivity index (χ2n) is 4.83. The van der Waals surface area contributed by atoms with Gasteiger partial charge in [-0.1, -0.05) is 30.3 Å². The molecule has 2 aromatic rings. The van der Waals surface area contributed by atoms with Crippen LogP contribution in [0, 0.1) is 0 Å². The first kappa shape index (κ1) is 14.4. The van der Waals surface area contributed by atoms with Crippen molar-refractivity contribution in [1.29, 1.82) is 0 Å². The minimum Gasteiger partial charge on any atom is -0.493 e. The molecule has 20 heavy (non-hydrogen) atoms. The van der Waals surface area contributed by atoms with Crippen molar-refractivity contribution in [3.05, 3.63) is 59.7 Å². The Labute approximate surface area is 120 Å². The predicted octanol–water partition coefficient (Wildman–Crippen LogP) is 2.53. The van der Waals surface area contributed by atoms with E-state index in [2.05, 4.69) is 42.6 Å². The molecule has 2 rings (SSSR count). The Morgan fingerprint density at radius 1 is 0.950 bits per heavy atom. The van der Waals surface area contributed by atoms with Crippen molar-refractivity contribution >= 4 is 0 Å². The first-order valence-corrected chi connectivity index (χ1v) is 6.83. The molecule has 0 spiro atoms. The van der Waals surface area contributed by atoms with Crippen LogP contribution < -0.4 is 14.8 Å². The highest BCUT2D eigenvalue weighted by molar-refractivity contribution is 5.43. The van der Waals surface area contributed by atoms with Crippen LogP contribution in [0.15, 0.2) is 48.5 Å². The van der Waals surface area contributed by atoms with Gasteiger partial charge in [-0.05, 0) is 25.1 Å². The van der Waals surface area contributed by atoms with Crippen molar-refractivity contribution in [2.45, 2.75) is 19.5 Å². The van der Waals surface area contributed by atoms with E-state index < -0.39 is 0 Å². The number of rotatable bonds is 6. The van der Waals surface area contributed by atoms with E-state index in [4.69, 9.17) is 9.47 Å². The minimum atomic E-state index is 0.370. The highest BCUT2D eigenvalue weighted by Gasteiger charge is 2.12. The summed E-state index contributed by atoms with van der Waals surface area (Å²) in [7, 11) is 3.32. The highest BCUT2D eigenvalue weighted by atomic mass is 16.5. The summed E-state index contributed by atoms with van der Waals surface area (Å²) >= 11 is 0. The van der Waals surface area contributed by atoms with E-state index in [0.717, 1.165) is 18.0 Å². The van der Waals surface area contributed by atoms with Crippen LogP contribution in [0.1, 0.15) is 24.1 Å². The van der Waals surface area contributed by atoms with Gasteiger partial charge in [-0.2, -0.15) is 0 Å². The van der Waals surface area contributed by atoms with Crippen molar-refractivity contribution in [2.24, 2.45) is 0 Å². The van der Waals surface area contributed by atoms with Crippen LogP contribution in [-0.2, 0) is 6.54 Å². The number of hydrogen-bond donors (Lipinski definition) is 1. The van der Waals surface area contributed by atoms with E-state index in [1.54, 1.807) is 14.2 Å². The number of hydrogen-bond acceptors (Lipinski definition) is 2. The minimum absolute atomic E-state index is 0.370. The summed E-state index contributed by atoms with van der Waals surface area (Å²) in [6, 6.07) is 17.0. The second-order valence-corrected chi connectivity index (χ2v) is 4.83. The van der Waals surface area contributed by atoms with Crippen molar-refractivity contribution in [1.82, 2.24) is 0 Å². The molecule has 3 nitrogen and oxygen atoms in total. The molecule has 3 heteroatoms. The molecule has 1 atom stereocenters. The van der Waals surface area contributed by atoms with E-state index in [-0.39, 0.29) is 0 Å². The molecule has 0 bridgehead atoms. The summed E-state index contributed by atoms with van der Waals surface area (Å²) in [5.41, 5.74) is 2.57. The average molecular weight is 272 g/mol. The molecule has 2 N–H and O–H groups in total. The fourth-order valence-corrected chi connectivity index (χ4v) is 2.20. The average Bonchev–Trinajstić information content (AvgIpc) is 2.52. The topological polar surface area (TPSA) is 35.1 Å². The van der Waals surface area contributed by atoms with Gasteiger partial charge in [0.1, 0.15) is 12.6 Å². The molecule has 0 saturated heterocycles. The van der Waals surface area contributed by atoms with Crippen molar-refractivity contribution in [3.63, 3.8) is 0 Å². The van der Waals surface area contributed by atoms with Gasteiger partial charge in [0.2, 0.25) is 0 Å². The zero-order valence-corrected chi connectivity index (χ0v) is 12.3. The summed E-state index contributed by atoms with van der Waals surface area (Å²) in [4.78, 5) is 0. The first-order valence-electron chi connectivity index (χ1n) is 6.83. The van der Waals surface area contributed by atoms with Crippen LogP contribution in [0.5, 0.6) is 11.5 Å². The number of benzene rings is 2. The SMILES string of the molecule is COc1ccc([C@H](C)[NH2+]Cc2ccccc2)cc1OC. The zero-order chi connectivity index (χ0) is 14.4. The van der Waals surface area contributed by atoms with Crippen LogP contribution in [0.2, 0.25) is 0 Å². The molecule has 0 heterocycles. The summed E-state index contributed by atoms with van der Waals surface area (Å²) < 4.78 is 10.6. The number of ether oxygens (including phenoxy) is 2. The molecule has 0 saturated carbocycles. The smallest absolute Gasteiger partial charge is 0.161 e. The van der Waals surface area contributed by atoms with Crippen LogP contribution in [0.3, 0.4) is 0 Å². The Kier molecular flexibility index (Phi) is 5.02. The molecule has 0 aromatic heterocycles. The van der Waals surface area contributed by atoms with Crippen molar-refractivity contribution < 1.29 is 14.8 Å². The van der Waals surface area contributed by atoms with Crippen LogP contribution in [0.4, 0.5) is 0 Å². The molecular weight excluding hydrogens is 250 g/mol. The fourth-order valence-electron chi connectivity index (χ4n) is 2.20. The van der Waals surface area contributed by atoms with E-state index in [0.29, 0.717) is 6.04 Å². The van der Waals surface area contributed by atoms with Gasteiger partial charge in [0.25, 0.3) is 0 Å². The monoisotopic (exact) mass is 272 g/mol. The molecule has 0 fully saturated rings. The normalized spacial score (nSPS) is 11.9. The van der Waals surface area contributed by atoms with E-state index >= 15 is 0 Å². The van der Waals surface area contributed by atoms with Crippen LogP contribution in [0.25, 0.3) is 0 Å². The van der Waals surface area contributed by atoms with Crippen molar-refractivity contribution in [2.75, 3.05) is 14.2 Å². The van der Waals surface area contributed by atoms with Gasteiger partial charge in [0.15, 0.2) is 11.5 Å². The summed E-state index contributed by atoms with van der Waals surface area (Å²) in [6.07, 6.45) is 0. The zero-order valence-electron chi connectivity index (χ0n) is 12.3. The largest absolute Gasteiger partial charge is 0.493 e. The quantitative estimate of drug-likeness (QED) is 0.877. The number of methoxy groups -OCH3 is 2. The third-order valence-corrected chi connectivity index (χ3v) is 3.48. The Bertz CT molecular complexity index is 540. The van der Waals surface area contributed by atoms with Gasteiger partial charge in [0, 0.05) is 11.1 Å². The third-order valence-electron chi connectivity index (χ3n) is 3.48. The Hall–Kier alpha value is -2.00. The van der Waals surface area contributed by atoms with E-state index in [9.17, 15) is 0 Å². The molecule has 2 aromatic carbocycles. The van der Waals surface area contributed by atoms with Gasteiger partial charge < -0.3 is 14.8 Å². The molecule has 0 aliphatic rings. The van der Waals surface area contributed by atoms with Gasteiger partial charge in [-0.25, -0.2) is 0 Å². The maximum atomic E-state index is 5.35. The molecule has 0 amide bonds. The lowest BCUT2D eigenvalue weighted by Crippen LogP contribution is -2.83. The second kappa shape index (κ2) is 6.96. The number of quaternary nitrogens is 1. The van der Waals surface area contributed by atoms with Gasteiger partial charge in [-0.3, -0.25) is 0 Å². The summed E-state index contributed by atoms with van der Waals surface area (Å²) in [6.45, 7) is 3.17. The molecule has 0 aliphatic carbocycles. The summed E-state index contributed by atoms with van der Waals surface area (Å²) in [5, 5.41) is 2.32. The Morgan fingerprint density at radius 3 is 2.30 bits per heavy atom. The molecule has 0 unspecified atom stereocenters. The third kappa shape index (κ3) is 3.52. The Morgan fingerprint density at radius 2 is 1.65 bits per heavy atom. The summed E-state index contributed by atoms with van der Waals surface area (Å²) in [5.74, 6) is 1.55. The first-order chi connectivity index (χ1) is 9.74. The van der Waals surface area contributed by atoms with Gasteiger partial charge >= 0.3 is 0 Å². The predicted molar refractivity (Wildman–Crippen MR) is 80.0 cm³/mol. The maximum absolute atomic E-state index is 5.35. The van der Waals surface area contributed by atoms with Gasteiger partial charge in [0.05, 0.1) is 14.2 Å². The van der Waals surface area contributed by atoms with Crippen molar-refractivity contribution in [3.8, 4) is 11.5 Å². The highest BCUT2D eigenvalue weighted by Crippen LogP contribution is 2.29. The lowest BCUT2D eigenvalue weighted by atomic mass is 10.1. The fraction of sp³-hybridized carbons (Fsp3) is 0.294. The van der Waals surface area contributed by atoms with Crippen LogP contribution in [-0.4, -0.2) is 14.2 Å². The van der Waals surface area contributed by atoms with E-state index in [1.165, 1.54) is 11.1 Å². The molecule has 0 radical (unpaired) electrons. The lowest BCUT2D eigenvalue weighted by molar-refractivity contribution is -0.707. The van der Waals surface area contributed by atoms with Gasteiger partial charge in [-0.15, -0.1) is 0 Å². The molecule has 0 aliphatic heterocycles. The van der Waals surface area contributed by atoms with Crippen LogP contribution >= 0.6 is 0 Å². The maximum Gasteiger partial charge on any atom is 0.161 e. The number of nitrogens with two attached hydrogens (primary N) is 1. The molecule has 106 valence electrons. The standard InChI is InChI=1S/C17H21NO2/c1-13(18-12-14-7-5-4-6-8-14)15-9-10-16(19-2)17(11-15)20-3/h4-11,13,18H,12H2,1-3H3/p+1/t13-/m0/s1.